The minimum atomic E-state index is -0.451. The molecule has 2 N–H and O–H groups in total. The number of anilines is 1. The molecule has 4 nitrogen and oxygen atoms in total. The summed E-state index contributed by atoms with van der Waals surface area (Å²) in [5.41, 5.74) is 0.733. The fourth-order valence-corrected chi connectivity index (χ4v) is 3.47. The molecular formula is C18H28N2O2S. The molecule has 0 saturated heterocycles. The number of carbonyl (C=O) groups excluding carboxylic acids is 1. The summed E-state index contributed by atoms with van der Waals surface area (Å²) in [5, 5.41) is 6.65. The molecule has 1 aliphatic carbocycles. The first-order valence-electron chi connectivity index (χ1n) is 8.26. The number of amides is 1. The van der Waals surface area contributed by atoms with Crippen molar-refractivity contribution in [2.45, 2.75) is 69.0 Å². The zero-order valence-electron chi connectivity index (χ0n) is 14.5. The number of para-hydroxylation sites is 1. The van der Waals surface area contributed by atoms with Gasteiger partial charge in [-0.05, 0) is 64.8 Å². The van der Waals surface area contributed by atoms with Crippen LogP contribution in [0.2, 0.25) is 0 Å². The number of hydrogen-bond acceptors (Lipinski definition) is 4. The van der Waals surface area contributed by atoms with E-state index in [0.29, 0.717) is 6.04 Å². The second-order valence-electron chi connectivity index (χ2n) is 7.05. The van der Waals surface area contributed by atoms with Gasteiger partial charge in [0.1, 0.15) is 5.60 Å². The standard InChI is InChI=1S/C18H28N2O2S/c1-18(2,3)22-17(21)20-14-9-7-8-13(12-14)19-15-10-5-6-11-16(15)23-4/h5-6,10-11,13-14,19H,7-9,12H2,1-4H3,(H,20,21). The molecule has 2 atom stereocenters. The molecule has 1 aromatic carbocycles. The zero-order chi connectivity index (χ0) is 16.9. The Kier molecular flexibility index (Phi) is 6.22. The van der Waals surface area contributed by atoms with Crippen molar-refractivity contribution in [3.63, 3.8) is 0 Å². The van der Waals surface area contributed by atoms with E-state index in [-0.39, 0.29) is 12.1 Å². The molecule has 0 spiro atoms. The number of nitrogens with one attached hydrogen (secondary N) is 2. The van der Waals surface area contributed by atoms with Crippen LogP contribution >= 0.6 is 11.8 Å². The predicted molar refractivity (Wildman–Crippen MR) is 97.3 cm³/mol. The van der Waals surface area contributed by atoms with E-state index in [1.807, 2.05) is 20.8 Å². The highest BCUT2D eigenvalue weighted by Crippen LogP contribution is 2.28. The Morgan fingerprint density at radius 3 is 2.61 bits per heavy atom. The van der Waals surface area contributed by atoms with Gasteiger partial charge in [0.15, 0.2) is 0 Å². The highest BCUT2D eigenvalue weighted by Gasteiger charge is 2.25. The van der Waals surface area contributed by atoms with E-state index in [9.17, 15) is 4.79 Å². The Labute approximate surface area is 143 Å². The molecule has 0 radical (unpaired) electrons. The van der Waals surface area contributed by atoms with Crippen LogP contribution < -0.4 is 10.6 Å². The first kappa shape index (κ1) is 18.0. The van der Waals surface area contributed by atoms with Crippen molar-refractivity contribution >= 4 is 23.5 Å². The summed E-state index contributed by atoms with van der Waals surface area (Å²) in [6.45, 7) is 5.66. The van der Waals surface area contributed by atoms with Gasteiger partial charge in [-0.15, -0.1) is 11.8 Å². The maximum absolute atomic E-state index is 11.9. The van der Waals surface area contributed by atoms with Crippen molar-refractivity contribution in [1.82, 2.24) is 5.32 Å². The van der Waals surface area contributed by atoms with Crippen molar-refractivity contribution in [1.29, 1.82) is 0 Å². The lowest BCUT2D eigenvalue weighted by Crippen LogP contribution is -2.43. The Morgan fingerprint density at radius 1 is 1.22 bits per heavy atom. The summed E-state index contributed by atoms with van der Waals surface area (Å²) in [4.78, 5) is 13.2. The second kappa shape index (κ2) is 7.95. The highest BCUT2D eigenvalue weighted by molar-refractivity contribution is 7.98. The first-order valence-corrected chi connectivity index (χ1v) is 9.49. The quantitative estimate of drug-likeness (QED) is 0.785. The summed E-state index contributed by atoms with van der Waals surface area (Å²) >= 11 is 1.75. The minimum Gasteiger partial charge on any atom is -0.444 e. The van der Waals surface area contributed by atoms with E-state index >= 15 is 0 Å². The Hall–Kier alpha value is -1.36. The van der Waals surface area contributed by atoms with Crippen molar-refractivity contribution in [3.05, 3.63) is 24.3 Å². The molecule has 1 saturated carbocycles. The number of rotatable bonds is 4. The van der Waals surface area contributed by atoms with E-state index < -0.39 is 5.60 Å². The third-order valence-corrected chi connectivity index (χ3v) is 4.66. The van der Waals surface area contributed by atoms with Crippen molar-refractivity contribution in [2.75, 3.05) is 11.6 Å². The molecule has 0 bridgehead atoms. The summed E-state index contributed by atoms with van der Waals surface area (Å²) in [7, 11) is 0. The Bertz CT molecular complexity index is 528. The monoisotopic (exact) mass is 336 g/mol. The fraction of sp³-hybridized carbons (Fsp3) is 0.611. The number of alkyl carbamates (subject to hydrolysis) is 1. The van der Waals surface area contributed by atoms with E-state index in [2.05, 4.69) is 41.2 Å². The van der Waals surface area contributed by atoms with Gasteiger partial charge in [0.25, 0.3) is 0 Å². The van der Waals surface area contributed by atoms with Gasteiger partial charge in [0.05, 0.1) is 0 Å². The summed E-state index contributed by atoms with van der Waals surface area (Å²) in [6.07, 6.45) is 5.97. The summed E-state index contributed by atoms with van der Waals surface area (Å²) in [5.74, 6) is 0. The van der Waals surface area contributed by atoms with Gasteiger partial charge in [-0.2, -0.15) is 0 Å². The average molecular weight is 337 g/mol. The van der Waals surface area contributed by atoms with Crippen molar-refractivity contribution in [2.24, 2.45) is 0 Å². The zero-order valence-corrected chi connectivity index (χ0v) is 15.3. The largest absolute Gasteiger partial charge is 0.444 e. The van der Waals surface area contributed by atoms with Crippen LogP contribution in [-0.2, 0) is 4.74 Å². The molecule has 2 unspecified atom stereocenters. The number of carbonyl (C=O) groups is 1. The molecule has 2 rings (SSSR count). The van der Waals surface area contributed by atoms with Gasteiger partial charge in [-0.1, -0.05) is 12.1 Å². The van der Waals surface area contributed by atoms with Crippen LogP contribution in [0.15, 0.2) is 29.2 Å². The van der Waals surface area contributed by atoms with Gasteiger partial charge in [0.2, 0.25) is 0 Å². The first-order chi connectivity index (χ1) is 10.9. The van der Waals surface area contributed by atoms with Gasteiger partial charge >= 0.3 is 6.09 Å². The molecular weight excluding hydrogens is 308 g/mol. The third-order valence-electron chi connectivity index (χ3n) is 3.86. The van der Waals surface area contributed by atoms with E-state index in [1.165, 1.54) is 10.6 Å². The van der Waals surface area contributed by atoms with E-state index in [1.54, 1.807) is 11.8 Å². The van der Waals surface area contributed by atoms with E-state index in [0.717, 1.165) is 25.7 Å². The van der Waals surface area contributed by atoms with Gasteiger partial charge in [0, 0.05) is 22.7 Å². The molecule has 128 valence electrons. The number of benzene rings is 1. The smallest absolute Gasteiger partial charge is 0.407 e. The molecule has 0 aromatic heterocycles. The average Bonchev–Trinajstić information content (AvgIpc) is 2.46. The van der Waals surface area contributed by atoms with Crippen molar-refractivity contribution < 1.29 is 9.53 Å². The second-order valence-corrected chi connectivity index (χ2v) is 7.90. The molecule has 5 heteroatoms. The molecule has 0 heterocycles. The summed E-state index contributed by atoms with van der Waals surface area (Å²) < 4.78 is 5.36. The number of hydrogen-bond donors (Lipinski definition) is 2. The summed E-state index contributed by atoms with van der Waals surface area (Å²) in [6, 6.07) is 8.93. The molecule has 0 aliphatic heterocycles. The molecule has 1 aromatic rings. The predicted octanol–water partition coefficient (Wildman–Crippen LogP) is 4.66. The fourth-order valence-electron chi connectivity index (χ4n) is 2.91. The van der Waals surface area contributed by atoms with Crippen LogP contribution in [-0.4, -0.2) is 30.0 Å². The number of thioether (sulfide) groups is 1. The normalized spacial score (nSPS) is 21.6. The topological polar surface area (TPSA) is 50.4 Å². The maximum Gasteiger partial charge on any atom is 0.407 e. The van der Waals surface area contributed by atoms with Crippen LogP contribution in [0, 0.1) is 0 Å². The van der Waals surface area contributed by atoms with Gasteiger partial charge in [-0.25, -0.2) is 4.79 Å². The van der Waals surface area contributed by atoms with Crippen LogP contribution in [0.4, 0.5) is 10.5 Å². The Morgan fingerprint density at radius 2 is 1.91 bits per heavy atom. The Balaban J connectivity index is 1.89. The van der Waals surface area contributed by atoms with E-state index in [4.69, 9.17) is 4.74 Å². The van der Waals surface area contributed by atoms with Gasteiger partial charge < -0.3 is 15.4 Å². The van der Waals surface area contributed by atoms with Crippen LogP contribution in [0.3, 0.4) is 0 Å². The molecule has 1 aliphatic rings. The lowest BCUT2D eigenvalue weighted by atomic mass is 9.91. The SMILES string of the molecule is CSc1ccccc1NC1CCCC(NC(=O)OC(C)(C)C)C1. The van der Waals surface area contributed by atoms with Crippen LogP contribution in [0.25, 0.3) is 0 Å². The lowest BCUT2D eigenvalue weighted by molar-refractivity contribution is 0.0492. The molecule has 1 amide bonds. The number of ether oxygens (including phenoxy) is 1. The minimum absolute atomic E-state index is 0.178. The van der Waals surface area contributed by atoms with Gasteiger partial charge in [-0.3, -0.25) is 0 Å². The van der Waals surface area contributed by atoms with Crippen molar-refractivity contribution in [3.8, 4) is 0 Å². The third kappa shape index (κ3) is 5.98. The van der Waals surface area contributed by atoms with Crippen LogP contribution in [0.5, 0.6) is 0 Å². The lowest BCUT2D eigenvalue weighted by Gasteiger charge is -2.32. The molecule has 23 heavy (non-hydrogen) atoms. The van der Waals surface area contributed by atoms with Crippen LogP contribution in [0.1, 0.15) is 46.5 Å². The molecule has 1 fully saturated rings. The highest BCUT2D eigenvalue weighted by atomic mass is 32.2. The maximum atomic E-state index is 11.9.